The van der Waals surface area contributed by atoms with Crippen molar-refractivity contribution in [3.8, 4) is 0 Å². The second-order valence-electron chi connectivity index (χ2n) is 6.93. The lowest BCUT2D eigenvalue weighted by Gasteiger charge is -2.34. The first-order valence-corrected chi connectivity index (χ1v) is 9.28. The third kappa shape index (κ3) is 5.83. The molecule has 0 amide bonds. The van der Waals surface area contributed by atoms with Gasteiger partial charge in [0.2, 0.25) is 0 Å². The van der Waals surface area contributed by atoms with E-state index < -0.39 is 0 Å². The minimum Gasteiger partial charge on any atom is -0.340 e. The summed E-state index contributed by atoms with van der Waals surface area (Å²) in [6.07, 6.45) is 5.75. The van der Waals surface area contributed by atoms with Gasteiger partial charge >= 0.3 is 0 Å². The number of para-hydroxylation sites is 1. The van der Waals surface area contributed by atoms with E-state index in [1.54, 1.807) is 0 Å². The summed E-state index contributed by atoms with van der Waals surface area (Å²) < 4.78 is 0. The first-order chi connectivity index (χ1) is 11.4. The Hall–Kier alpha value is -1.54. The predicted octanol–water partition coefficient (Wildman–Crippen LogP) is 5.87. The first-order valence-electron chi connectivity index (χ1n) is 9.28. The molecule has 24 heavy (non-hydrogen) atoms. The van der Waals surface area contributed by atoms with Gasteiger partial charge in [-0.05, 0) is 71.0 Å². The summed E-state index contributed by atoms with van der Waals surface area (Å²) in [4.78, 5) is 4.80. The largest absolute Gasteiger partial charge is 0.340 e. The normalized spacial score (nSPS) is 14.6. The molecule has 1 aromatic carbocycles. The van der Waals surface area contributed by atoms with Gasteiger partial charge in [-0.2, -0.15) is 0 Å². The van der Waals surface area contributed by atoms with Gasteiger partial charge in [0, 0.05) is 24.0 Å². The van der Waals surface area contributed by atoms with Crippen LogP contribution in [0, 0.1) is 0 Å². The molecule has 0 bridgehead atoms. The zero-order valence-corrected chi connectivity index (χ0v) is 16.8. The molecule has 1 rings (SSSR count). The summed E-state index contributed by atoms with van der Waals surface area (Å²) in [6.45, 7) is 12.3. The summed E-state index contributed by atoms with van der Waals surface area (Å²) in [5, 5.41) is 0. The second kappa shape index (κ2) is 10.4. The average molecular weight is 329 g/mol. The molecule has 0 aliphatic carbocycles. The Labute approximate surface area is 149 Å². The van der Waals surface area contributed by atoms with Crippen molar-refractivity contribution in [2.75, 3.05) is 25.5 Å². The molecule has 0 saturated carbocycles. The van der Waals surface area contributed by atoms with Gasteiger partial charge in [-0.1, -0.05) is 44.5 Å². The summed E-state index contributed by atoms with van der Waals surface area (Å²) in [5.41, 5.74) is 5.55. The Balaban J connectivity index is 3.40. The van der Waals surface area contributed by atoms with Gasteiger partial charge in [0.05, 0.1) is 0 Å². The van der Waals surface area contributed by atoms with Crippen LogP contribution in [-0.2, 0) is 0 Å². The Kier molecular flexibility index (Phi) is 8.84. The maximum absolute atomic E-state index is 2.51. The molecule has 1 unspecified atom stereocenters. The van der Waals surface area contributed by atoms with Crippen LogP contribution in [0.4, 0.5) is 5.69 Å². The summed E-state index contributed by atoms with van der Waals surface area (Å²) in [6, 6.07) is 11.3. The minimum atomic E-state index is 0.476. The summed E-state index contributed by atoms with van der Waals surface area (Å²) >= 11 is 0. The van der Waals surface area contributed by atoms with E-state index in [1.807, 2.05) is 0 Å². The molecule has 0 radical (unpaired) electrons. The van der Waals surface area contributed by atoms with E-state index in [-0.39, 0.29) is 0 Å². The zero-order valence-electron chi connectivity index (χ0n) is 16.8. The highest BCUT2D eigenvalue weighted by Crippen LogP contribution is 2.29. The fourth-order valence-electron chi connectivity index (χ4n) is 3.04. The maximum atomic E-state index is 2.51. The number of rotatable bonds is 9. The van der Waals surface area contributed by atoms with E-state index in [0.717, 1.165) is 19.4 Å². The lowest BCUT2D eigenvalue weighted by molar-refractivity contribution is 0.318. The number of anilines is 1. The molecular weight excluding hydrogens is 292 g/mol. The molecule has 0 spiro atoms. The number of nitrogens with zero attached hydrogens (tertiary/aromatic N) is 2. The van der Waals surface area contributed by atoms with Crippen molar-refractivity contribution in [1.82, 2.24) is 4.90 Å². The van der Waals surface area contributed by atoms with Crippen LogP contribution in [0.25, 0.3) is 0 Å². The van der Waals surface area contributed by atoms with Crippen molar-refractivity contribution in [1.29, 1.82) is 0 Å². The molecule has 0 heterocycles. The summed E-state index contributed by atoms with van der Waals surface area (Å²) in [5.74, 6) is 0. The fraction of sp³-hybridized carbons (Fsp3) is 0.545. The van der Waals surface area contributed by atoms with Crippen LogP contribution < -0.4 is 4.90 Å². The smallest absolute Gasteiger partial charge is 0.0426 e. The van der Waals surface area contributed by atoms with Crippen LogP contribution in [-0.4, -0.2) is 31.6 Å². The van der Waals surface area contributed by atoms with E-state index in [0.29, 0.717) is 6.04 Å². The SMILES string of the molecule is CCC=C(C)C(=C(C)CCC)N(CC(C)N(C)C)c1ccccc1. The molecule has 0 aliphatic heterocycles. The van der Waals surface area contributed by atoms with Crippen LogP contribution in [0.2, 0.25) is 0 Å². The number of hydrogen-bond acceptors (Lipinski definition) is 2. The standard InChI is InChI=1S/C22H36N2/c1-8-13-18(3)22(19(4)14-9-2)24(17-20(5)23(6)7)21-15-11-10-12-16-21/h10-13,15-16,20H,8-9,14,17H2,1-7H3. The predicted molar refractivity (Wildman–Crippen MR) is 109 cm³/mol. The van der Waals surface area contributed by atoms with Crippen molar-refractivity contribution >= 4 is 5.69 Å². The number of benzene rings is 1. The highest BCUT2D eigenvalue weighted by Gasteiger charge is 2.19. The molecule has 1 atom stereocenters. The van der Waals surface area contributed by atoms with Crippen molar-refractivity contribution in [3.05, 3.63) is 53.3 Å². The Morgan fingerprint density at radius 1 is 1.08 bits per heavy atom. The van der Waals surface area contributed by atoms with Gasteiger partial charge in [0.1, 0.15) is 0 Å². The van der Waals surface area contributed by atoms with Crippen LogP contribution in [0.1, 0.15) is 53.9 Å². The van der Waals surface area contributed by atoms with E-state index in [9.17, 15) is 0 Å². The van der Waals surface area contributed by atoms with Gasteiger partial charge in [-0.3, -0.25) is 0 Å². The molecule has 0 N–H and O–H groups in total. The number of hydrogen-bond donors (Lipinski definition) is 0. The van der Waals surface area contributed by atoms with E-state index in [2.05, 4.69) is 94.9 Å². The van der Waals surface area contributed by atoms with Crippen molar-refractivity contribution in [3.63, 3.8) is 0 Å². The van der Waals surface area contributed by atoms with Crippen LogP contribution in [0.5, 0.6) is 0 Å². The van der Waals surface area contributed by atoms with Crippen LogP contribution >= 0.6 is 0 Å². The van der Waals surface area contributed by atoms with Crippen LogP contribution in [0.15, 0.2) is 53.3 Å². The van der Waals surface area contributed by atoms with Crippen molar-refractivity contribution in [2.24, 2.45) is 0 Å². The highest BCUT2D eigenvalue weighted by molar-refractivity contribution is 5.58. The topological polar surface area (TPSA) is 6.48 Å². The Morgan fingerprint density at radius 3 is 2.21 bits per heavy atom. The molecule has 2 nitrogen and oxygen atoms in total. The van der Waals surface area contributed by atoms with Crippen molar-refractivity contribution < 1.29 is 0 Å². The third-order valence-electron chi connectivity index (χ3n) is 4.58. The van der Waals surface area contributed by atoms with E-state index >= 15 is 0 Å². The maximum Gasteiger partial charge on any atom is 0.0426 e. The molecule has 0 fully saturated rings. The Morgan fingerprint density at radius 2 is 1.71 bits per heavy atom. The number of allylic oxidation sites excluding steroid dienone is 3. The minimum absolute atomic E-state index is 0.476. The van der Waals surface area contributed by atoms with Gasteiger partial charge in [0.25, 0.3) is 0 Å². The second-order valence-corrected chi connectivity index (χ2v) is 6.93. The Bertz CT molecular complexity index is 540. The molecule has 0 aromatic heterocycles. The van der Waals surface area contributed by atoms with Gasteiger partial charge in [-0.15, -0.1) is 0 Å². The monoisotopic (exact) mass is 328 g/mol. The van der Waals surface area contributed by atoms with Crippen LogP contribution in [0.3, 0.4) is 0 Å². The highest BCUT2D eigenvalue weighted by atomic mass is 15.2. The van der Waals surface area contributed by atoms with Crippen molar-refractivity contribution in [2.45, 2.75) is 59.9 Å². The molecule has 1 aromatic rings. The van der Waals surface area contributed by atoms with Gasteiger partial charge in [-0.25, -0.2) is 0 Å². The third-order valence-corrected chi connectivity index (χ3v) is 4.58. The molecule has 2 heteroatoms. The molecular formula is C22H36N2. The zero-order chi connectivity index (χ0) is 18.1. The van der Waals surface area contributed by atoms with E-state index in [4.69, 9.17) is 0 Å². The lowest BCUT2D eigenvalue weighted by atomic mass is 10.0. The molecule has 134 valence electrons. The quantitative estimate of drug-likeness (QED) is 0.523. The van der Waals surface area contributed by atoms with E-state index in [1.165, 1.54) is 29.0 Å². The first kappa shape index (κ1) is 20.5. The van der Waals surface area contributed by atoms with Gasteiger partial charge < -0.3 is 9.80 Å². The van der Waals surface area contributed by atoms with Gasteiger partial charge in [0.15, 0.2) is 0 Å². The summed E-state index contributed by atoms with van der Waals surface area (Å²) in [7, 11) is 4.32. The average Bonchev–Trinajstić information content (AvgIpc) is 2.55. The lowest BCUT2D eigenvalue weighted by Crippen LogP contribution is -2.39. The number of likely N-dealkylation sites (N-methyl/N-ethyl adjacent to an activating group) is 1. The molecule has 0 aliphatic rings. The molecule has 0 saturated heterocycles. The fourth-order valence-corrected chi connectivity index (χ4v) is 3.04.